The molecule has 0 saturated heterocycles. The van der Waals surface area contributed by atoms with E-state index in [9.17, 15) is 4.79 Å². The van der Waals surface area contributed by atoms with Crippen LogP contribution < -0.4 is 5.32 Å². The summed E-state index contributed by atoms with van der Waals surface area (Å²) in [6.07, 6.45) is 4.53. The lowest BCUT2D eigenvalue weighted by molar-refractivity contribution is -0.134. The van der Waals surface area contributed by atoms with Crippen LogP contribution in [0.15, 0.2) is 0 Å². The summed E-state index contributed by atoms with van der Waals surface area (Å²) >= 11 is 3.49. The average molecular weight is 308 g/mol. The van der Waals surface area contributed by atoms with E-state index in [1.54, 1.807) is 14.2 Å². The molecule has 5 heteroatoms. The van der Waals surface area contributed by atoms with Crippen LogP contribution >= 0.6 is 15.9 Å². The number of hydrogen-bond acceptors (Lipinski definition) is 3. The van der Waals surface area contributed by atoms with Gasteiger partial charge in [0.1, 0.15) is 0 Å². The van der Waals surface area contributed by atoms with E-state index in [1.807, 2.05) is 0 Å². The molecule has 17 heavy (non-hydrogen) atoms. The third-order valence-corrected chi connectivity index (χ3v) is 4.03. The molecule has 0 aromatic rings. The van der Waals surface area contributed by atoms with Gasteiger partial charge in [0.15, 0.2) is 0 Å². The summed E-state index contributed by atoms with van der Waals surface area (Å²) in [6.45, 7) is 1.34. The van der Waals surface area contributed by atoms with E-state index in [4.69, 9.17) is 9.47 Å². The van der Waals surface area contributed by atoms with Crippen molar-refractivity contribution in [3.05, 3.63) is 0 Å². The van der Waals surface area contributed by atoms with E-state index in [0.29, 0.717) is 24.4 Å². The third-order valence-electron chi connectivity index (χ3n) is 3.31. The van der Waals surface area contributed by atoms with E-state index in [0.717, 1.165) is 19.3 Å². The molecule has 0 aromatic heterocycles. The highest BCUT2D eigenvalue weighted by Gasteiger charge is 2.38. The zero-order valence-corrected chi connectivity index (χ0v) is 12.2. The Morgan fingerprint density at radius 2 is 2.18 bits per heavy atom. The molecule has 0 radical (unpaired) electrons. The van der Waals surface area contributed by atoms with E-state index < -0.39 is 0 Å². The molecule has 4 nitrogen and oxygen atoms in total. The molecule has 1 N–H and O–H groups in total. The maximum Gasteiger partial charge on any atom is 0.222 e. The Labute approximate surface area is 112 Å². The molecule has 1 unspecified atom stereocenters. The van der Waals surface area contributed by atoms with Gasteiger partial charge in [-0.15, -0.1) is 0 Å². The van der Waals surface area contributed by atoms with E-state index in [-0.39, 0.29) is 11.5 Å². The average Bonchev–Trinajstić information content (AvgIpc) is 2.24. The van der Waals surface area contributed by atoms with Crippen LogP contribution in [-0.4, -0.2) is 43.7 Å². The van der Waals surface area contributed by atoms with E-state index >= 15 is 0 Å². The van der Waals surface area contributed by atoms with Gasteiger partial charge in [-0.05, 0) is 25.7 Å². The molecular formula is C12H22BrNO3. The topological polar surface area (TPSA) is 47.6 Å². The highest BCUT2D eigenvalue weighted by Crippen LogP contribution is 2.37. The van der Waals surface area contributed by atoms with Crippen molar-refractivity contribution >= 4 is 21.8 Å². The zero-order chi connectivity index (χ0) is 12.7. The van der Waals surface area contributed by atoms with Gasteiger partial charge in [-0.3, -0.25) is 4.79 Å². The summed E-state index contributed by atoms with van der Waals surface area (Å²) in [7, 11) is 3.37. The fraction of sp³-hybridized carbons (Fsp3) is 0.917. The second-order valence-electron chi connectivity index (χ2n) is 4.61. The fourth-order valence-electron chi connectivity index (χ4n) is 2.01. The Morgan fingerprint density at radius 1 is 1.47 bits per heavy atom. The second kappa shape index (κ2) is 7.34. The van der Waals surface area contributed by atoms with Crippen molar-refractivity contribution in [1.82, 2.24) is 5.32 Å². The van der Waals surface area contributed by atoms with Crippen LogP contribution in [0.2, 0.25) is 0 Å². The fourth-order valence-corrected chi connectivity index (χ4v) is 2.50. The van der Waals surface area contributed by atoms with Gasteiger partial charge in [-0.2, -0.15) is 0 Å². The first-order valence-corrected chi connectivity index (χ1v) is 6.98. The van der Waals surface area contributed by atoms with E-state index in [1.165, 1.54) is 6.42 Å². The van der Waals surface area contributed by atoms with Gasteiger partial charge in [0.2, 0.25) is 5.91 Å². The predicted molar refractivity (Wildman–Crippen MR) is 70.4 cm³/mol. The molecule has 1 saturated carbocycles. The third kappa shape index (κ3) is 4.94. The Morgan fingerprint density at radius 3 is 2.65 bits per heavy atom. The number of hydrogen-bond donors (Lipinski definition) is 1. The van der Waals surface area contributed by atoms with Gasteiger partial charge < -0.3 is 14.8 Å². The van der Waals surface area contributed by atoms with Crippen LogP contribution in [0.25, 0.3) is 0 Å². The number of amides is 1. The number of halogens is 1. The molecule has 0 aromatic carbocycles. The highest BCUT2D eigenvalue weighted by atomic mass is 79.9. The van der Waals surface area contributed by atoms with Crippen molar-refractivity contribution in [3.63, 3.8) is 0 Å². The van der Waals surface area contributed by atoms with Crippen LogP contribution in [0, 0.1) is 0 Å². The molecule has 1 amide bonds. The lowest BCUT2D eigenvalue weighted by Crippen LogP contribution is -2.44. The normalized spacial score (nSPS) is 19.5. The standard InChI is InChI=1S/C12H22BrNO3/c1-16-9-10(13)4-7-14-11(15)8-12(17-2)5-3-6-12/h10H,3-9H2,1-2H3,(H,14,15). The first-order chi connectivity index (χ1) is 8.12. The predicted octanol–water partition coefficient (Wildman–Crippen LogP) is 1.86. The summed E-state index contributed by atoms with van der Waals surface area (Å²) in [5.41, 5.74) is -0.176. The zero-order valence-electron chi connectivity index (χ0n) is 10.6. The number of carbonyl (C=O) groups excluding carboxylic acids is 1. The van der Waals surface area contributed by atoms with Crippen LogP contribution in [0.3, 0.4) is 0 Å². The Bertz CT molecular complexity index is 238. The molecule has 0 aliphatic heterocycles. The van der Waals surface area contributed by atoms with Crippen molar-refractivity contribution in [3.8, 4) is 0 Å². The number of carbonyl (C=O) groups is 1. The maximum atomic E-state index is 11.7. The molecular weight excluding hydrogens is 286 g/mol. The van der Waals surface area contributed by atoms with E-state index in [2.05, 4.69) is 21.2 Å². The lowest BCUT2D eigenvalue weighted by atomic mass is 9.77. The monoisotopic (exact) mass is 307 g/mol. The Kier molecular flexibility index (Phi) is 6.44. The number of ether oxygens (including phenoxy) is 2. The minimum atomic E-state index is -0.176. The number of rotatable bonds is 8. The molecule has 1 aliphatic rings. The van der Waals surface area contributed by atoms with Gasteiger partial charge in [0.25, 0.3) is 0 Å². The Hall–Kier alpha value is -0.130. The summed E-state index contributed by atoms with van der Waals surface area (Å²) in [4.78, 5) is 12.0. The molecule has 1 aliphatic carbocycles. The van der Waals surface area contributed by atoms with Crippen molar-refractivity contribution in [2.75, 3.05) is 27.4 Å². The summed E-state index contributed by atoms with van der Waals surface area (Å²) in [6, 6.07) is 0. The highest BCUT2D eigenvalue weighted by molar-refractivity contribution is 9.09. The number of alkyl halides is 1. The van der Waals surface area contributed by atoms with Crippen molar-refractivity contribution in [2.45, 2.75) is 42.5 Å². The van der Waals surface area contributed by atoms with Crippen LogP contribution in [0.1, 0.15) is 32.1 Å². The molecule has 1 atom stereocenters. The minimum Gasteiger partial charge on any atom is -0.384 e. The van der Waals surface area contributed by atoms with Gasteiger partial charge in [-0.25, -0.2) is 0 Å². The summed E-state index contributed by atoms with van der Waals surface area (Å²) in [5.74, 6) is 0.0867. The molecule has 0 bridgehead atoms. The van der Waals surface area contributed by atoms with Gasteiger partial charge in [0.05, 0.1) is 18.6 Å². The number of nitrogens with one attached hydrogen (secondary N) is 1. The molecule has 1 fully saturated rings. The quantitative estimate of drug-likeness (QED) is 0.696. The first kappa shape index (κ1) is 14.9. The van der Waals surface area contributed by atoms with Gasteiger partial charge in [0, 0.05) is 25.6 Å². The largest absolute Gasteiger partial charge is 0.384 e. The van der Waals surface area contributed by atoms with Crippen LogP contribution in [0.5, 0.6) is 0 Å². The van der Waals surface area contributed by atoms with Crippen molar-refractivity contribution < 1.29 is 14.3 Å². The molecule has 0 spiro atoms. The van der Waals surface area contributed by atoms with Crippen LogP contribution in [-0.2, 0) is 14.3 Å². The molecule has 0 heterocycles. The summed E-state index contributed by atoms with van der Waals surface area (Å²) in [5, 5.41) is 2.93. The smallest absolute Gasteiger partial charge is 0.222 e. The van der Waals surface area contributed by atoms with Crippen LogP contribution in [0.4, 0.5) is 0 Å². The first-order valence-electron chi connectivity index (χ1n) is 6.07. The molecule has 100 valence electrons. The minimum absolute atomic E-state index is 0.0867. The number of methoxy groups -OCH3 is 2. The van der Waals surface area contributed by atoms with Crippen molar-refractivity contribution in [2.24, 2.45) is 0 Å². The van der Waals surface area contributed by atoms with Gasteiger partial charge in [-0.1, -0.05) is 15.9 Å². The molecule has 1 rings (SSSR count). The Balaban J connectivity index is 2.13. The van der Waals surface area contributed by atoms with Gasteiger partial charge >= 0.3 is 0 Å². The SMILES string of the molecule is COCC(Br)CCNC(=O)CC1(OC)CCC1. The van der Waals surface area contributed by atoms with Crippen molar-refractivity contribution in [1.29, 1.82) is 0 Å². The lowest BCUT2D eigenvalue weighted by Gasteiger charge is -2.39. The summed E-state index contributed by atoms with van der Waals surface area (Å²) < 4.78 is 10.4. The maximum absolute atomic E-state index is 11.7. The second-order valence-corrected chi connectivity index (χ2v) is 5.90.